The van der Waals surface area contributed by atoms with E-state index < -0.39 is 6.29 Å². The van der Waals surface area contributed by atoms with Crippen LogP contribution in [-0.2, 0) is 15.9 Å². The van der Waals surface area contributed by atoms with Crippen LogP contribution in [0.5, 0.6) is 23.0 Å². The minimum Gasteiger partial charge on any atom is -0.493 e. The highest BCUT2D eigenvalue weighted by atomic mass is 16.7. The van der Waals surface area contributed by atoms with E-state index >= 15 is 0 Å². The van der Waals surface area contributed by atoms with Crippen LogP contribution >= 0.6 is 0 Å². The molecule has 0 spiro atoms. The Kier molecular flexibility index (Phi) is 5.54. The Morgan fingerprint density at radius 3 is 2.24 bits per heavy atom. The second kappa shape index (κ2) is 8.10. The maximum absolute atomic E-state index is 6.47. The zero-order valence-electron chi connectivity index (χ0n) is 17.4. The van der Waals surface area contributed by atoms with Gasteiger partial charge < -0.3 is 33.7 Å². The van der Waals surface area contributed by atoms with Crippen LogP contribution in [-0.4, -0.2) is 42.1 Å². The first kappa shape index (κ1) is 19.8. The van der Waals surface area contributed by atoms with Gasteiger partial charge in [0.15, 0.2) is 29.3 Å². The molecule has 2 aromatic carbocycles. The van der Waals surface area contributed by atoms with Crippen molar-refractivity contribution >= 4 is 0 Å². The van der Waals surface area contributed by atoms with Crippen molar-refractivity contribution in [2.24, 2.45) is 0 Å². The van der Waals surface area contributed by atoms with Crippen LogP contribution in [0.25, 0.3) is 0 Å². The van der Waals surface area contributed by atoms with Gasteiger partial charge in [-0.1, -0.05) is 6.07 Å². The number of fused-ring (bicyclic) bond motifs is 5. The molecule has 2 aliphatic rings. The van der Waals surface area contributed by atoms with Crippen LogP contribution in [0.3, 0.4) is 0 Å². The summed E-state index contributed by atoms with van der Waals surface area (Å²) in [4.78, 5) is 0. The fourth-order valence-corrected chi connectivity index (χ4v) is 4.35. The average Bonchev–Trinajstić information content (AvgIpc) is 2.95. The van der Waals surface area contributed by atoms with Crippen LogP contribution in [0.15, 0.2) is 24.3 Å². The van der Waals surface area contributed by atoms with E-state index in [0.29, 0.717) is 17.2 Å². The molecule has 0 unspecified atom stereocenters. The lowest BCUT2D eigenvalue weighted by Crippen LogP contribution is -2.34. The highest BCUT2D eigenvalue weighted by Gasteiger charge is 2.41. The van der Waals surface area contributed by atoms with E-state index in [2.05, 4.69) is 11.4 Å². The minimum atomic E-state index is -0.586. The molecule has 7 heteroatoms. The summed E-state index contributed by atoms with van der Waals surface area (Å²) in [6, 6.07) is 7.97. The second-order valence-electron chi connectivity index (χ2n) is 7.02. The molecule has 2 aromatic rings. The van der Waals surface area contributed by atoms with Gasteiger partial charge in [-0.2, -0.15) is 0 Å². The summed E-state index contributed by atoms with van der Waals surface area (Å²) in [7, 11) is 8.17. The normalized spacial score (nSPS) is 22.6. The summed E-state index contributed by atoms with van der Waals surface area (Å²) < 4.78 is 34.4. The maximum atomic E-state index is 6.47. The van der Waals surface area contributed by atoms with Crippen molar-refractivity contribution in [3.63, 3.8) is 0 Å². The van der Waals surface area contributed by atoms with Gasteiger partial charge in [0.25, 0.3) is 0 Å². The minimum absolute atomic E-state index is 0.0597. The Hall–Kier alpha value is -2.48. The molecule has 0 aromatic heterocycles. The molecule has 4 rings (SSSR count). The summed E-state index contributed by atoms with van der Waals surface area (Å²) in [6.45, 7) is 0.804. The van der Waals surface area contributed by atoms with Crippen molar-refractivity contribution in [2.75, 3.05) is 42.1 Å². The maximum Gasteiger partial charge on any atom is 0.188 e. The summed E-state index contributed by atoms with van der Waals surface area (Å²) in [5.74, 6) is 2.68. The molecule has 0 bridgehead atoms. The van der Waals surface area contributed by atoms with Gasteiger partial charge in [0, 0.05) is 7.11 Å². The Balaban J connectivity index is 1.88. The third-order valence-corrected chi connectivity index (χ3v) is 5.69. The van der Waals surface area contributed by atoms with E-state index in [1.54, 1.807) is 35.5 Å². The zero-order chi connectivity index (χ0) is 20.5. The molecule has 2 aliphatic heterocycles. The van der Waals surface area contributed by atoms with Gasteiger partial charge >= 0.3 is 0 Å². The predicted molar refractivity (Wildman–Crippen MR) is 107 cm³/mol. The molecule has 0 radical (unpaired) electrons. The molecule has 0 saturated carbocycles. The molecule has 156 valence electrons. The van der Waals surface area contributed by atoms with Gasteiger partial charge in [0.1, 0.15) is 6.10 Å². The lowest BCUT2D eigenvalue weighted by Gasteiger charge is -2.38. The number of benzene rings is 2. The Morgan fingerprint density at radius 2 is 1.59 bits per heavy atom. The molecule has 0 fully saturated rings. The van der Waals surface area contributed by atoms with E-state index in [4.69, 9.17) is 28.4 Å². The predicted octanol–water partition coefficient (Wildman–Crippen LogP) is 3.32. The zero-order valence-corrected chi connectivity index (χ0v) is 17.4. The SMILES string of the molecule is COc1cc2c(cc1OC)[C@H]1O[C@H](OC)c3c(ccc(OC)c3OC)[C@H]1NCC2. The molecule has 3 atom stereocenters. The quantitative estimate of drug-likeness (QED) is 0.824. The van der Waals surface area contributed by atoms with E-state index in [0.717, 1.165) is 35.4 Å². The van der Waals surface area contributed by atoms with Gasteiger partial charge in [0.05, 0.1) is 40.0 Å². The number of nitrogens with one attached hydrogen (secondary N) is 1. The Labute approximate surface area is 170 Å². The van der Waals surface area contributed by atoms with Gasteiger partial charge in [-0.15, -0.1) is 0 Å². The molecular formula is C22H27NO6. The molecule has 7 nitrogen and oxygen atoms in total. The van der Waals surface area contributed by atoms with Crippen LogP contribution in [0.1, 0.15) is 40.7 Å². The number of hydrogen-bond acceptors (Lipinski definition) is 7. The third-order valence-electron chi connectivity index (χ3n) is 5.69. The van der Waals surface area contributed by atoms with Gasteiger partial charge in [-0.3, -0.25) is 0 Å². The number of hydrogen-bond donors (Lipinski definition) is 1. The highest BCUT2D eigenvalue weighted by Crippen LogP contribution is 2.52. The van der Waals surface area contributed by atoms with Gasteiger partial charge in [-0.05, 0) is 47.9 Å². The molecule has 0 amide bonds. The standard InChI is InChI=1S/C22H27NO6/c1-24-15-7-6-13-18(21(15)27-4)22(28-5)29-20-14-11-17(26-3)16(25-2)10-12(14)8-9-23-19(13)20/h6-7,10-11,19-20,22-23H,8-9H2,1-5H3/t19-,20-,22+/m1/s1. The van der Waals surface area contributed by atoms with Crippen molar-refractivity contribution in [3.05, 3.63) is 46.5 Å². The van der Waals surface area contributed by atoms with Crippen molar-refractivity contribution in [1.29, 1.82) is 0 Å². The van der Waals surface area contributed by atoms with E-state index in [1.165, 1.54) is 5.56 Å². The van der Waals surface area contributed by atoms with E-state index in [9.17, 15) is 0 Å². The second-order valence-corrected chi connectivity index (χ2v) is 7.02. The van der Waals surface area contributed by atoms with Crippen LogP contribution in [0.4, 0.5) is 0 Å². The van der Waals surface area contributed by atoms with Crippen molar-refractivity contribution < 1.29 is 28.4 Å². The van der Waals surface area contributed by atoms with Crippen molar-refractivity contribution in [3.8, 4) is 23.0 Å². The van der Waals surface area contributed by atoms with E-state index in [-0.39, 0.29) is 12.1 Å². The summed E-state index contributed by atoms with van der Waals surface area (Å²) in [5.41, 5.74) is 4.17. The van der Waals surface area contributed by atoms with Crippen LogP contribution in [0.2, 0.25) is 0 Å². The molecule has 2 heterocycles. The number of rotatable bonds is 5. The van der Waals surface area contributed by atoms with Gasteiger partial charge in [-0.25, -0.2) is 0 Å². The fraction of sp³-hybridized carbons (Fsp3) is 0.455. The smallest absolute Gasteiger partial charge is 0.188 e. The molecule has 1 N–H and O–H groups in total. The third kappa shape index (κ3) is 3.19. The molecule has 0 aliphatic carbocycles. The largest absolute Gasteiger partial charge is 0.493 e. The summed E-state index contributed by atoms with van der Waals surface area (Å²) in [6.07, 6.45) is 0.0202. The number of methoxy groups -OCH3 is 5. The Bertz CT molecular complexity index is 899. The van der Waals surface area contributed by atoms with Crippen LogP contribution < -0.4 is 24.3 Å². The van der Waals surface area contributed by atoms with Crippen molar-refractivity contribution in [1.82, 2.24) is 5.32 Å². The lowest BCUT2D eigenvalue weighted by molar-refractivity contribution is -0.181. The Morgan fingerprint density at radius 1 is 0.862 bits per heavy atom. The highest BCUT2D eigenvalue weighted by molar-refractivity contribution is 5.55. The topological polar surface area (TPSA) is 67.4 Å². The first-order valence-electron chi connectivity index (χ1n) is 9.58. The molecular weight excluding hydrogens is 374 g/mol. The monoisotopic (exact) mass is 401 g/mol. The van der Waals surface area contributed by atoms with E-state index in [1.807, 2.05) is 18.2 Å². The van der Waals surface area contributed by atoms with Gasteiger partial charge in [0.2, 0.25) is 0 Å². The fourth-order valence-electron chi connectivity index (χ4n) is 4.35. The summed E-state index contributed by atoms with van der Waals surface area (Å²) >= 11 is 0. The molecule has 29 heavy (non-hydrogen) atoms. The van der Waals surface area contributed by atoms with Crippen molar-refractivity contribution in [2.45, 2.75) is 24.9 Å². The number of ether oxygens (including phenoxy) is 6. The average molecular weight is 401 g/mol. The lowest BCUT2D eigenvalue weighted by atomic mass is 9.87. The van der Waals surface area contributed by atoms with Crippen LogP contribution in [0, 0.1) is 0 Å². The first-order chi connectivity index (χ1) is 14.2. The molecule has 0 saturated heterocycles. The first-order valence-corrected chi connectivity index (χ1v) is 9.58. The summed E-state index contributed by atoms with van der Waals surface area (Å²) in [5, 5.41) is 3.64.